The summed E-state index contributed by atoms with van der Waals surface area (Å²) in [5.74, 6) is 2.00. The Bertz CT molecular complexity index is 806. The first-order chi connectivity index (χ1) is 11.1. The Kier molecular flexibility index (Phi) is 4.25. The van der Waals surface area contributed by atoms with E-state index in [1.807, 2.05) is 13.0 Å². The van der Waals surface area contributed by atoms with Crippen molar-refractivity contribution in [1.82, 2.24) is 15.0 Å². The highest BCUT2D eigenvalue weighted by molar-refractivity contribution is 6.30. The van der Waals surface area contributed by atoms with E-state index in [-0.39, 0.29) is 0 Å². The fourth-order valence-electron chi connectivity index (χ4n) is 1.78. The van der Waals surface area contributed by atoms with Gasteiger partial charge in [0.25, 0.3) is 0 Å². The van der Waals surface area contributed by atoms with Gasteiger partial charge in [-0.15, -0.1) is 0 Å². The molecule has 0 aliphatic carbocycles. The van der Waals surface area contributed by atoms with Crippen LogP contribution in [0.4, 0.5) is 17.5 Å². The van der Waals surface area contributed by atoms with Gasteiger partial charge in [0.15, 0.2) is 0 Å². The molecule has 0 saturated carbocycles. The Balaban J connectivity index is 1.69. The van der Waals surface area contributed by atoms with Crippen molar-refractivity contribution in [2.45, 2.75) is 6.92 Å². The lowest BCUT2D eigenvalue weighted by molar-refractivity contribution is 0.463. The van der Waals surface area contributed by atoms with Crippen molar-refractivity contribution in [3.05, 3.63) is 59.4 Å². The van der Waals surface area contributed by atoms with Gasteiger partial charge in [0.1, 0.15) is 11.6 Å². The molecule has 7 heteroatoms. The molecule has 23 heavy (non-hydrogen) atoms. The zero-order valence-corrected chi connectivity index (χ0v) is 13.1. The molecule has 0 radical (unpaired) electrons. The first kappa shape index (κ1) is 15.1. The Labute approximate surface area is 138 Å². The molecule has 0 bridgehead atoms. The predicted molar refractivity (Wildman–Crippen MR) is 90.2 cm³/mol. The summed E-state index contributed by atoms with van der Waals surface area (Å²) in [5, 5.41) is 3.69. The number of anilines is 3. The van der Waals surface area contributed by atoms with Gasteiger partial charge in [0.2, 0.25) is 11.8 Å². The number of rotatable bonds is 4. The zero-order chi connectivity index (χ0) is 16.2. The molecule has 0 spiro atoms. The van der Waals surface area contributed by atoms with Crippen LogP contribution in [0.15, 0.2) is 48.8 Å². The number of nitrogens with one attached hydrogen (secondary N) is 1. The summed E-state index contributed by atoms with van der Waals surface area (Å²) < 4.78 is 5.62. The third-order valence-electron chi connectivity index (χ3n) is 3.04. The Morgan fingerprint density at radius 2 is 1.83 bits per heavy atom. The van der Waals surface area contributed by atoms with Gasteiger partial charge >= 0.3 is 0 Å². The summed E-state index contributed by atoms with van der Waals surface area (Å²) in [7, 11) is 0. The number of ether oxygens (including phenoxy) is 1. The molecule has 0 saturated heterocycles. The zero-order valence-electron chi connectivity index (χ0n) is 12.3. The molecule has 3 rings (SSSR count). The summed E-state index contributed by atoms with van der Waals surface area (Å²) in [4.78, 5) is 12.5. The van der Waals surface area contributed by atoms with Crippen LogP contribution >= 0.6 is 11.6 Å². The van der Waals surface area contributed by atoms with Gasteiger partial charge in [-0.05, 0) is 37.3 Å². The van der Waals surface area contributed by atoms with Crippen molar-refractivity contribution in [3.8, 4) is 11.6 Å². The number of aryl methyl sites for hydroxylation is 1. The third-order valence-corrected chi connectivity index (χ3v) is 3.29. The second-order valence-electron chi connectivity index (χ2n) is 4.83. The monoisotopic (exact) mass is 327 g/mol. The lowest BCUT2D eigenvalue weighted by atomic mass is 10.3. The Morgan fingerprint density at radius 3 is 2.48 bits per heavy atom. The molecule has 0 aliphatic heterocycles. The highest BCUT2D eigenvalue weighted by Crippen LogP contribution is 2.23. The van der Waals surface area contributed by atoms with Crippen LogP contribution in [0.1, 0.15) is 5.56 Å². The van der Waals surface area contributed by atoms with Crippen LogP contribution in [0.5, 0.6) is 11.6 Å². The maximum Gasteiger partial charge on any atom is 0.229 e. The third kappa shape index (κ3) is 3.87. The lowest BCUT2D eigenvalue weighted by Gasteiger charge is -2.08. The molecule has 0 amide bonds. The molecule has 0 unspecified atom stereocenters. The summed E-state index contributed by atoms with van der Waals surface area (Å²) in [6, 6.07) is 10.6. The van der Waals surface area contributed by atoms with Crippen LogP contribution in [0.2, 0.25) is 5.02 Å². The predicted octanol–water partition coefficient (Wildman–Crippen LogP) is 3.95. The second kappa shape index (κ2) is 6.50. The quantitative estimate of drug-likeness (QED) is 0.754. The highest BCUT2D eigenvalue weighted by atomic mass is 35.5. The number of nitrogen functional groups attached to an aromatic ring is 1. The van der Waals surface area contributed by atoms with Crippen LogP contribution < -0.4 is 15.8 Å². The molecule has 3 aromatic rings. The maximum atomic E-state index is 5.83. The first-order valence-corrected chi connectivity index (χ1v) is 7.23. The van der Waals surface area contributed by atoms with Gasteiger partial charge in [-0.1, -0.05) is 11.6 Å². The molecule has 1 aromatic carbocycles. The number of nitrogens with zero attached hydrogens (tertiary/aromatic N) is 3. The van der Waals surface area contributed by atoms with E-state index in [4.69, 9.17) is 22.1 Å². The molecule has 6 nitrogen and oxygen atoms in total. The van der Waals surface area contributed by atoms with E-state index in [0.29, 0.717) is 28.4 Å². The van der Waals surface area contributed by atoms with Crippen LogP contribution in [-0.2, 0) is 0 Å². The molecule has 116 valence electrons. The number of nitrogens with two attached hydrogens (primary N) is 1. The van der Waals surface area contributed by atoms with Gasteiger partial charge in [-0.25, -0.2) is 9.97 Å². The average Bonchev–Trinajstić information content (AvgIpc) is 2.55. The Morgan fingerprint density at radius 1 is 1.04 bits per heavy atom. The summed E-state index contributed by atoms with van der Waals surface area (Å²) in [6.07, 6.45) is 3.29. The molecule has 0 atom stereocenters. The summed E-state index contributed by atoms with van der Waals surface area (Å²) >= 11 is 5.83. The first-order valence-electron chi connectivity index (χ1n) is 6.86. The van der Waals surface area contributed by atoms with E-state index in [1.165, 1.54) is 0 Å². The molecule has 0 fully saturated rings. The number of halogens is 1. The molecule has 2 aromatic heterocycles. The van der Waals surface area contributed by atoms with Gasteiger partial charge in [0.05, 0.1) is 11.9 Å². The minimum atomic E-state index is 0.418. The fourth-order valence-corrected chi connectivity index (χ4v) is 1.91. The second-order valence-corrected chi connectivity index (χ2v) is 5.26. The number of hydrogen-bond acceptors (Lipinski definition) is 6. The topological polar surface area (TPSA) is 86.0 Å². The van der Waals surface area contributed by atoms with Crippen molar-refractivity contribution in [1.29, 1.82) is 0 Å². The summed E-state index contributed by atoms with van der Waals surface area (Å²) in [6.45, 7) is 1.85. The van der Waals surface area contributed by atoms with Gasteiger partial charge in [0, 0.05) is 22.8 Å². The normalized spacial score (nSPS) is 10.3. The molecule has 2 heterocycles. The van der Waals surface area contributed by atoms with Crippen molar-refractivity contribution < 1.29 is 4.74 Å². The number of pyridine rings is 1. The van der Waals surface area contributed by atoms with Crippen LogP contribution in [0.25, 0.3) is 0 Å². The number of hydrogen-bond donors (Lipinski definition) is 2. The summed E-state index contributed by atoms with van der Waals surface area (Å²) in [5.41, 5.74) is 7.33. The van der Waals surface area contributed by atoms with Crippen molar-refractivity contribution in [3.63, 3.8) is 0 Å². The van der Waals surface area contributed by atoms with E-state index >= 15 is 0 Å². The number of benzene rings is 1. The van der Waals surface area contributed by atoms with Crippen LogP contribution in [-0.4, -0.2) is 15.0 Å². The van der Waals surface area contributed by atoms with Crippen LogP contribution in [0.3, 0.4) is 0 Å². The maximum absolute atomic E-state index is 5.83. The van der Waals surface area contributed by atoms with Crippen molar-refractivity contribution >= 4 is 29.1 Å². The molecule has 3 N–H and O–H groups in total. The fraction of sp³-hybridized carbons (Fsp3) is 0.0625. The van der Waals surface area contributed by atoms with E-state index < -0.39 is 0 Å². The van der Waals surface area contributed by atoms with E-state index in [0.717, 1.165) is 11.3 Å². The van der Waals surface area contributed by atoms with Crippen molar-refractivity contribution in [2.24, 2.45) is 0 Å². The van der Waals surface area contributed by atoms with E-state index in [2.05, 4.69) is 20.3 Å². The van der Waals surface area contributed by atoms with Gasteiger partial charge < -0.3 is 15.8 Å². The Hall–Kier alpha value is -2.86. The average molecular weight is 328 g/mol. The highest BCUT2D eigenvalue weighted by Gasteiger charge is 2.03. The lowest BCUT2D eigenvalue weighted by Crippen LogP contribution is -2.02. The van der Waals surface area contributed by atoms with Gasteiger partial charge in [-0.2, -0.15) is 4.98 Å². The van der Waals surface area contributed by atoms with E-state index in [1.54, 1.807) is 42.7 Å². The SMILES string of the molecule is Cc1cnc(Nc2ccc(Oc3ccc(Cl)cc3)nc2)nc1N. The standard InChI is InChI=1S/C16H14ClN5O/c1-10-8-20-16(22-15(10)18)21-12-4-7-14(19-9-12)23-13-5-2-11(17)3-6-13/h2-9H,1H3,(H3,18,20,21,22). The molecular formula is C16H14ClN5O. The number of aromatic nitrogens is 3. The molecular weight excluding hydrogens is 314 g/mol. The largest absolute Gasteiger partial charge is 0.439 e. The minimum Gasteiger partial charge on any atom is -0.439 e. The minimum absolute atomic E-state index is 0.418. The van der Waals surface area contributed by atoms with E-state index in [9.17, 15) is 0 Å². The van der Waals surface area contributed by atoms with Crippen LogP contribution in [0, 0.1) is 6.92 Å². The van der Waals surface area contributed by atoms with Crippen molar-refractivity contribution in [2.75, 3.05) is 11.1 Å². The van der Waals surface area contributed by atoms with Gasteiger partial charge in [-0.3, -0.25) is 0 Å². The molecule has 0 aliphatic rings. The smallest absolute Gasteiger partial charge is 0.229 e.